The molecule has 0 radical (unpaired) electrons. The highest BCUT2D eigenvalue weighted by atomic mass is 79.9. The number of rotatable bonds is 3. The molecule has 2 aromatic rings. The molecule has 10 heteroatoms. The first-order valence-corrected chi connectivity index (χ1v) is 10.1. The van der Waals surface area contributed by atoms with Gasteiger partial charge in [0, 0.05) is 19.6 Å². The number of aryl methyl sites for hydroxylation is 1. The van der Waals surface area contributed by atoms with Crippen LogP contribution in [0.25, 0.3) is 0 Å². The number of benzene rings is 1. The van der Waals surface area contributed by atoms with Crippen molar-refractivity contribution in [3.05, 3.63) is 38.4 Å². The molecule has 0 bridgehead atoms. The van der Waals surface area contributed by atoms with E-state index < -0.39 is 15.0 Å². The van der Waals surface area contributed by atoms with E-state index in [9.17, 15) is 13.2 Å². The normalized spacial score (nSPS) is 11.4. The Morgan fingerprint density at radius 2 is 2.05 bits per heavy atom. The van der Waals surface area contributed by atoms with Crippen LogP contribution in [-0.2, 0) is 9.05 Å². The molecule has 112 valence electrons. The second-order valence-electron chi connectivity index (χ2n) is 3.91. The van der Waals surface area contributed by atoms with E-state index in [-0.39, 0.29) is 15.0 Å². The van der Waals surface area contributed by atoms with Gasteiger partial charge in [-0.1, -0.05) is 27.3 Å². The summed E-state index contributed by atoms with van der Waals surface area (Å²) in [6, 6.07) is 5.15. The molecular formula is C11H7Br2ClN2O3S2. The Morgan fingerprint density at radius 1 is 1.38 bits per heavy atom. The van der Waals surface area contributed by atoms with E-state index in [1.165, 1.54) is 6.92 Å². The average molecular weight is 475 g/mol. The number of carbonyl (C=O) groups is 1. The summed E-state index contributed by atoms with van der Waals surface area (Å²) in [5.41, 5.74) is 0.645. The standard InChI is InChI=1S/C11H7Br2ClN2O3S2/c1-5-10(21(14,18)19)20-11(15-5)16-9(17)7-4-6(12)2-3-8(7)13/h2-4H,1H3,(H,15,16,17). The second kappa shape index (κ2) is 6.33. The number of carbonyl (C=O) groups excluding carboxylic acids is 1. The summed E-state index contributed by atoms with van der Waals surface area (Å²) in [4.78, 5) is 16.2. The van der Waals surface area contributed by atoms with Crippen molar-refractivity contribution in [2.24, 2.45) is 0 Å². The highest BCUT2D eigenvalue weighted by molar-refractivity contribution is 9.11. The third kappa shape index (κ3) is 4.04. The summed E-state index contributed by atoms with van der Waals surface area (Å²) in [5, 5.41) is 2.72. The van der Waals surface area contributed by atoms with Crippen molar-refractivity contribution >= 4 is 74.0 Å². The Labute approximate surface area is 146 Å². The molecule has 0 spiro atoms. The van der Waals surface area contributed by atoms with Crippen molar-refractivity contribution in [3.63, 3.8) is 0 Å². The average Bonchev–Trinajstić information content (AvgIpc) is 2.73. The van der Waals surface area contributed by atoms with E-state index in [2.05, 4.69) is 42.2 Å². The van der Waals surface area contributed by atoms with Gasteiger partial charge in [-0.25, -0.2) is 13.4 Å². The van der Waals surface area contributed by atoms with Gasteiger partial charge in [-0.2, -0.15) is 0 Å². The summed E-state index contributed by atoms with van der Waals surface area (Å²) in [7, 11) is 1.43. The van der Waals surface area contributed by atoms with E-state index in [4.69, 9.17) is 10.7 Å². The summed E-state index contributed by atoms with van der Waals surface area (Å²) < 4.78 is 23.9. The van der Waals surface area contributed by atoms with Crippen molar-refractivity contribution in [2.45, 2.75) is 11.1 Å². The van der Waals surface area contributed by atoms with E-state index in [1.807, 2.05) is 0 Å². The highest BCUT2D eigenvalue weighted by Gasteiger charge is 2.21. The number of nitrogens with zero attached hydrogens (tertiary/aromatic N) is 1. The number of nitrogens with one attached hydrogen (secondary N) is 1. The van der Waals surface area contributed by atoms with Gasteiger partial charge in [0.05, 0.1) is 11.3 Å². The molecule has 1 aromatic heterocycles. The molecule has 0 unspecified atom stereocenters. The lowest BCUT2D eigenvalue weighted by atomic mass is 10.2. The monoisotopic (exact) mass is 472 g/mol. The lowest BCUT2D eigenvalue weighted by Gasteiger charge is -2.04. The van der Waals surface area contributed by atoms with Gasteiger partial charge in [0.15, 0.2) is 9.34 Å². The van der Waals surface area contributed by atoms with Crippen LogP contribution in [-0.4, -0.2) is 19.3 Å². The van der Waals surface area contributed by atoms with Crippen LogP contribution in [0.15, 0.2) is 31.4 Å². The molecule has 0 saturated heterocycles. The zero-order chi connectivity index (χ0) is 15.8. The molecule has 0 atom stereocenters. The summed E-state index contributed by atoms with van der Waals surface area (Å²) >= 11 is 7.37. The van der Waals surface area contributed by atoms with Crippen molar-refractivity contribution in [1.29, 1.82) is 0 Å². The molecule has 1 amide bonds. The Hall–Kier alpha value is -0.480. The quantitative estimate of drug-likeness (QED) is 0.678. The lowest BCUT2D eigenvalue weighted by Crippen LogP contribution is -2.12. The first-order valence-electron chi connectivity index (χ1n) is 5.37. The highest BCUT2D eigenvalue weighted by Crippen LogP contribution is 2.30. The molecule has 0 aliphatic carbocycles. The maximum atomic E-state index is 12.2. The Kier molecular flexibility index (Phi) is 5.09. The van der Waals surface area contributed by atoms with Gasteiger partial charge in [-0.3, -0.25) is 10.1 Å². The van der Waals surface area contributed by atoms with Gasteiger partial charge in [-0.05, 0) is 41.1 Å². The van der Waals surface area contributed by atoms with Crippen molar-refractivity contribution < 1.29 is 13.2 Å². The van der Waals surface area contributed by atoms with Gasteiger partial charge in [0.2, 0.25) is 0 Å². The van der Waals surface area contributed by atoms with Crippen LogP contribution < -0.4 is 5.32 Å². The summed E-state index contributed by atoms with van der Waals surface area (Å²) in [6.07, 6.45) is 0. The van der Waals surface area contributed by atoms with Gasteiger partial charge in [0.1, 0.15) is 0 Å². The fourth-order valence-electron chi connectivity index (χ4n) is 1.50. The molecular weight excluding hydrogens is 468 g/mol. The minimum absolute atomic E-state index is 0.0761. The molecule has 0 saturated carbocycles. The summed E-state index contributed by atoms with van der Waals surface area (Å²) in [6.45, 7) is 1.51. The SMILES string of the molecule is Cc1nc(NC(=O)c2cc(Br)ccc2Br)sc1S(=O)(=O)Cl. The minimum Gasteiger partial charge on any atom is -0.298 e. The molecule has 21 heavy (non-hydrogen) atoms. The van der Waals surface area contributed by atoms with Crippen LogP contribution in [0.2, 0.25) is 0 Å². The smallest absolute Gasteiger partial charge is 0.272 e. The third-order valence-corrected chi connectivity index (χ3v) is 6.81. The Balaban J connectivity index is 2.30. The summed E-state index contributed by atoms with van der Waals surface area (Å²) in [5.74, 6) is -0.407. The zero-order valence-corrected chi connectivity index (χ0v) is 15.9. The lowest BCUT2D eigenvalue weighted by molar-refractivity contribution is 0.102. The number of aromatic nitrogens is 1. The van der Waals surface area contributed by atoms with Crippen LogP contribution in [0.1, 0.15) is 16.1 Å². The topological polar surface area (TPSA) is 76.1 Å². The number of hydrogen-bond acceptors (Lipinski definition) is 5. The number of amides is 1. The van der Waals surface area contributed by atoms with Crippen LogP contribution >= 0.6 is 53.9 Å². The molecule has 0 fully saturated rings. The van der Waals surface area contributed by atoms with Crippen LogP contribution in [0.5, 0.6) is 0 Å². The van der Waals surface area contributed by atoms with Gasteiger partial charge in [0.25, 0.3) is 15.0 Å². The number of hydrogen-bond donors (Lipinski definition) is 1. The fourth-order valence-corrected chi connectivity index (χ4v) is 4.63. The Morgan fingerprint density at radius 3 is 2.62 bits per heavy atom. The van der Waals surface area contributed by atoms with E-state index in [0.29, 0.717) is 10.0 Å². The van der Waals surface area contributed by atoms with Crippen molar-refractivity contribution in [2.75, 3.05) is 5.32 Å². The van der Waals surface area contributed by atoms with Crippen LogP contribution in [0, 0.1) is 6.92 Å². The van der Waals surface area contributed by atoms with Crippen LogP contribution in [0.3, 0.4) is 0 Å². The first-order chi connectivity index (χ1) is 9.68. The largest absolute Gasteiger partial charge is 0.298 e. The van der Waals surface area contributed by atoms with Crippen molar-refractivity contribution in [3.8, 4) is 0 Å². The fraction of sp³-hybridized carbons (Fsp3) is 0.0909. The van der Waals surface area contributed by atoms with E-state index in [0.717, 1.165) is 15.8 Å². The predicted octanol–water partition coefficient (Wildman–Crippen LogP) is 4.16. The maximum absolute atomic E-state index is 12.2. The van der Waals surface area contributed by atoms with Gasteiger partial charge >= 0.3 is 0 Å². The molecule has 1 N–H and O–H groups in total. The Bertz CT molecular complexity index is 821. The maximum Gasteiger partial charge on any atom is 0.272 e. The van der Waals surface area contributed by atoms with E-state index in [1.54, 1.807) is 18.2 Å². The molecule has 1 aromatic carbocycles. The van der Waals surface area contributed by atoms with Crippen molar-refractivity contribution in [1.82, 2.24) is 4.98 Å². The molecule has 1 heterocycles. The predicted molar refractivity (Wildman–Crippen MR) is 89.7 cm³/mol. The number of halogens is 3. The van der Waals surface area contributed by atoms with Gasteiger partial charge < -0.3 is 0 Å². The first kappa shape index (κ1) is 16.9. The van der Waals surface area contributed by atoms with Crippen LogP contribution in [0.4, 0.5) is 5.13 Å². The van der Waals surface area contributed by atoms with Gasteiger partial charge in [-0.15, -0.1) is 0 Å². The second-order valence-corrected chi connectivity index (χ2v) is 9.44. The number of thiazole rings is 1. The zero-order valence-electron chi connectivity index (χ0n) is 10.4. The third-order valence-electron chi connectivity index (χ3n) is 2.37. The molecule has 5 nitrogen and oxygen atoms in total. The molecule has 0 aliphatic rings. The molecule has 2 rings (SSSR count). The minimum atomic E-state index is -3.87. The number of anilines is 1. The molecule has 0 aliphatic heterocycles. The van der Waals surface area contributed by atoms with E-state index >= 15 is 0 Å².